The summed E-state index contributed by atoms with van der Waals surface area (Å²) in [5, 5.41) is 5.81. The summed E-state index contributed by atoms with van der Waals surface area (Å²) in [6, 6.07) is 3.54. The van der Waals surface area contributed by atoms with E-state index in [-0.39, 0.29) is 22.8 Å². The van der Waals surface area contributed by atoms with Crippen LogP contribution < -0.4 is 5.32 Å². The van der Waals surface area contributed by atoms with Gasteiger partial charge in [-0.2, -0.15) is 18.3 Å². The molecule has 124 valence electrons. The van der Waals surface area contributed by atoms with Crippen LogP contribution in [-0.2, 0) is 24.4 Å². The zero-order chi connectivity index (χ0) is 17.4. The third-order valence-corrected chi connectivity index (χ3v) is 3.53. The molecule has 1 aromatic carbocycles. The van der Waals surface area contributed by atoms with Gasteiger partial charge < -0.3 is 5.32 Å². The Morgan fingerprint density at radius 2 is 2.04 bits per heavy atom. The number of carbonyl (C=O) groups is 1. The average Bonchev–Trinajstić information content (AvgIpc) is 2.70. The number of amides is 1. The Morgan fingerprint density at radius 1 is 1.39 bits per heavy atom. The van der Waals surface area contributed by atoms with Crippen molar-refractivity contribution in [3.05, 3.63) is 45.9 Å². The number of nitrogens with zero attached hydrogens (tertiary/aromatic N) is 2. The van der Waals surface area contributed by atoms with Crippen molar-refractivity contribution in [2.24, 2.45) is 7.05 Å². The second kappa shape index (κ2) is 6.19. The number of hydrogen-bond donors (Lipinski definition) is 1. The molecule has 0 aliphatic heterocycles. The van der Waals surface area contributed by atoms with Crippen LogP contribution in [0.4, 0.5) is 23.4 Å². The van der Waals surface area contributed by atoms with Gasteiger partial charge in [-0.25, -0.2) is 4.39 Å². The van der Waals surface area contributed by atoms with E-state index >= 15 is 0 Å². The van der Waals surface area contributed by atoms with Gasteiger partial charge in [0.1, 0.15) is 11.6 Å². The van der Waals surface area contributed by atoms with E-state index in [0.29, 0.717) is 5.56 Å². The van der Waals surface area contributed by atoms with Crippen LogP contribution in [0.15, 0.2) is 18.2 Å². The van der Waals surface area contributed by atoms with E-state index in [1.165, 1.54) is 20.0 Å². The number of nitrogens with one attached hydrogen (secondary N) is 1. The second-order valence-electron chi connectivity index (χ2n) is 4.90. The molecule has 1 aromatic heterocycles. The lowest BCUT2D eigenvalue weighted by Crippen LogP contribution is -2.17. The Hall–Kier alpha value is -2.09. The summed E-state index contributed by atoms with van der Waals surface area (Å²) in [5.41, 5.74) is -0.880. The number of aryl methyl sites for hydroxylation is 1. The number of hydrogen-bond acceptors (Lipinski definition) is 2. The predicted molar refractivity (Wildman–Crippen MR) is 76.7 cm³/mol. The standard InChI is InChI=1S/C14H12ClF4N3O/c1-7-12(14(17,18)19)21-22(2)13(7)20-11(23)5-8-3-4-9(16)6-10(8)15/h3-4,6H,5H2,1-2H3,(H,20,23). The van der Waals surface area contributed by atoms with Crippen LogP contribution in [0.2, 0.25) is 5.02 Å². The highest BCUT2D eigenvalue weighted by Gasteiger charge is 2.37. The van der Waals surface area contributed by atoms with E-state index < -0.39 is 23.6 Å². The smallest absolute Gasteiger partial charge is 0.310 e. The van der Waals surface area contributed by atoms with Gasteiger partial charge in [-0.05, 0) is 24.6 Å². The van der Waals surface area contributed by atoms with Crippen molar-refractivity contribution in [3.63, 3.8) is 0 Å². The van der Waals surface area contributed by atoms with Crippen LogP contribution in [-0.4, -0.2) is 15.7 Å². The second-order valence-corrected chi connectivity index (χ2v) is 5.31. The fourth-order valence-corrected chi connectivity index (χ4v) is 2.32. The van der Waals surface area contributed by atoms with Crippen LogP contribution in [0.25, 0.3) is 0 Å². The summed E-state index contributed by atoms with van der Waals surface area (Å²) >= 11 is 5.82. The minimum absolute atomic E-state index is 0.0550. The summed E-state index contributed by atoms with van der Waals surface area (Å²) in [7, 11) is 1.29. The fourth-order valence-electron chi connectivity index (χ4n) is 2.09. The van der Waals surface area contributed by atoms with Crippen molar-refractivity contribution >= 4 is 23.3 Å². The van der Waals surface area contributed by atoms with E-state index in [2.05, 4.69) is 10.4 Å². The van der Waals surface area contributed by atoms with Crippen molar-refractivity contribution < 1.29 is 22.4 Å². The lowest BCUT2D eigenvalue weighted by Gasteiger charge is -2.08. The predicted octanol–water partition coefficient (Wildman–Crippen LogP) is 3.72. The third kappa shape index (κ3) is 3.82. The normalized spacial score (nSPS) is 11.6. The molecule has 1 N–H and O–H groups in total. The maximum absolute atomic E-state index is 12.9. The number of carbonyl (C=O) groups excluding carboxylic acids is 1. The van der Waals surface area contributed by atoms with Gasteiger partial charge in [0.05, 0.1) is 6.42 Å². The Balaban J connectivity index is 2.19. The van der Waals surface area contributed by atoms with Gasteiger partial charge >= 0.3 is 6.18 Å². The van der Waals surface area contributed by atoms with Crippen molar-refractivity contribution in [1.29, 1.82) is 0 Å². The summed E-state index contributed by atoms with van der Waals surface area (Å²) in [4.78, 5) is 12.0. The number of anilines is 1. The molecule has 0 radical (unpaired) electrons. The summed E-state index contributed by atoms with van der Waals surface area (Å²) in [6.07, 6.45) is -4.81. The van der Waals surface area contributed by atoms with E-state index in [1.807, 2.05) is 0 Å². The van der Waals surface area contributed by atoms with Crippen LogP contribution in [0.1, 0.15) is 16.8 Å². The van der Waals surface area contributed by atoms with Crippen LogP contribution >= 0.6 is 11.6 Å². The topological polar surface area (TPSA) is 46.9 Å². The lowest BCUT2D eigenvalue weighted by molar-refractivity contribution is -0.141. The third-order valence-electron chi connectivity index (χ3n) is 3.18. The molecule has 2 aromatic rings. The van der Waals surface area contributed by atoms with Gasteiger partial charge in [-0.15, -0.1) is 0 Å². The number of aromatic nitrogens is 2. The maximum atomic E-state index is 12.9. The highest BCUT2D eigenvalue weighted by atomic mass is 35.5. The summed E-state index contributed by atoms with van der Waals surface area (Å²) in [6.45, 7) is 1.22. The van der Waals surface area contributed by atoms with Gasteiger partial charge in [0, 0.05) is 17.6 Å². The Labute approximate surface area is 134 Å². The molecule has 0 saturated carbocycles. The summed E-state index contributed by atoms with van der Waals surface area (Å²) in [5.74, 6) is -1.18. The van der Waals surface area contributed by atoms with Crippen LogP contribution in [0.5, 0.6) is 0 Å². The van der Waals surface area contributed by atoms with E-state index in [1.54, 1.807) is 0 Å². The average molecular weight is 350 g/mol. The molecule has 23 heavy (non-hydrogen) atoms. The zero-order valence-corrected chi connectivity index (χ0v) is 12.9. The highest BCUT2D eigenvalue weighted by molar-refractivity contribution is 6.31. The monoisotopic (exact) mass is 349 g/mol. The molecule has 0 saturated heterocycles. The van der Waals surface area contributed by atoms with Gasteiger partial charge in [0.25, 0.3) is 0 Å². The first-order valence-electron chi connectivity index (χ1n) is 6.44. The number of alkyl halides is 3. The molecule has 0 aliphatic rings. The molecule has 1 heterocycles. The van der Waals surface area contributed by atoms with Crippen LogP contribution in [0.3, 0.4) is 0 Å². The molecular formula is C14H12ClF4N3O. The van der Waals surface area contributed by atoms with Gasteiger partial charge in [-0.1, -0.05) is 17.7 Å². The minimum Gasteiger partial charge on any atom is -0.310 e. The molecule has 9 heteroatoms. The first kappa shape index (κ1) is 17.3. The first-order chi connectivity index (χ1) is 10.6. The molecule has 0 unspecified atom stereocenters. The molecule has 0 atom stereocenters. The van der Waals surface area contributed by atoms with Crippen molar-refractivity contribution in [1.82, 2.24) is 9.78 Å². The van der Waals surface area contributed by atoms with Gasteiger partial charge in [0.15, 0.2) is 5.69 Å². The molecule has 0 fully saturated rings. The molecule has 2 rings (SSSR count). The highest BCUT2D eigenvalue weighted by Crippen LogP contribution is 2.33. The van der Waals surface area contributed by atoms with E-state index in [4.69, 9.17) is 11.6 Å². The molecule has 0 bridgehead atoms. The quantitative estimate of drug-likeness (QED) is 0.858. The number of rotatable bonds is 3. The van der Waals surface area contributed by atoms with Gasteiger partial charge in [-0.3, -0.25) is 9.48 Å². The lowest BCUT2D eigenvalue weighted by atomic mass is 10.1. The van der Waals surface area contributed by atoms with Crippen molar-refractivity contribution in [3.8, 4) is 0 Å². The summed E-state index contributed by atoms with van der Waals surface area (Å²) < 4.78 is 52.2. The number of halogens is 5. The van der Waals surface area contributed by atoms with Gasteiger partial charge in [0.2, 0.25) is 5.91 Å². The Bertz CT molecular complexity index is 755. The van der Waals surface area contributed by atoms with Crippen molar-refractivity contribution in [2.45, 2.75) is 19.5 Å². The molecule has 0 aliphatic carbocycles. The molecule has 1 amide bonds. The first-order valence-corrected chi connectivity index (χ1v) is 6.82. The molecule has 0 spiro atoms. The number of benzene rings is 1. The fraction of sp³-hybridized carbons (Fsp3) is 0.286. The van der Waals surface area contributed by atoms with Crippen LogP contribution in [0, 0.1) is 12.7 Å². The largest absolute Gasteiger partial charge is 0.435 e. The minimum atomic E-state index is -4.61. The Kier molecular flexibility index (Phi) is 4.65. The SMILES string of the molecule is Cc1c(C(F)(F)F)nn(C)c1NC(=O)Cc1ccc(F)cc1Cl. The zero-order valence-electron chi connectivity index (χ0n) is 12.1. The Morgan fingerprint density at radius 3 is 2.57 bits per heavy atom. The molecule has 4 nitrogen and oxygen atoms in total. The van der Waals surface area contributed by atoms with E-state index in [0.717, 1.165) is 16.8 Å². The van der Waals surface area contributed by atoms with E-state index in [9.17, 15) is 22.4 Å². The maximum Gasteiger partial charge on any atom is 0.435 e. The van der Waals surface area contributed by atoms with Crippen molar-refractivity contribution in [2.75, 3.05) is 5.32 Å². The molecular weight excluding hydrogens is 338 g/mol.